The number of carbonyl (C=O) groups is 1. The molecular formula is C13H17N3O. The Labute approximate surface area is 102 Å². The Bertz CT molecular complexity index is 460. The molecule has 0 aliphatic carbocycles. The van der Waals surface area contributed by atoms with Gasteiger partial charge in [0, 0.05) is 0 Å². The van der Waals surface area contributed by atoms with Crippen LogP contribution in [0.3, 0.4) is 0 Å². The van der Waals surface area contributed by atoms with Gasteiger partial charge in [0.05, 0.1) is 29.2 Å². The molecule has 17 heavy (non-hydrogen) atoms. The summed E-state index contributed by atoms with van der Waals surface area (Å²) in [6.07, 6.45) is 6.88. The Morgan fingerprint density at radius 1 is 1.59 bits per heavy atom. The van der Waals surface area contributed by atoms with E-state index in [-0.39, 0.29) is 17.9 Å². The van der Waals surface area contributed by atoms with Crippen molar-refractivity contribution in [1.29, 1.82) is 0 Å². The van der Waals surface area contributed by atoms with Crippen LogP contribution in [0.25, 0.3) is 0 Å². The Kier molecular flexibility index (Phi) is 4.11. The number of nitrogen functional groups attached to an aromatic ring is 1. The molecule has 0 spiro atoms. The highest BCUT2D eigenvalue weighted by Gasteiger charge is 2.16. The van der Waals surface area contributed by atoms with Gasteiger partial charge in [-0.3, -0.25) is 9.78 Å². The van der Waals surface area contributed by atoms with Crippen molar-refractivity contribution in [3.05, 3.63) is 23.5 Å². The van der Waals surface area contributed by atoms with Gasteiger partial charge in [-0.15, -0.1) is 6.42 Å². The highest BCUT2D eigenvalue weighted by atomic mass is 16.1. The minimum absolute atomic E-state index is 0.179. The summed E-state index contributed by atoms with van der Waals surface area (Å²) in [4.78, 5) is 16.0. The number of pyridine rings is 1. The van der Waals surface area contributed by atoms with Crippen LogP contribution in [-0.2, 0) is 0 Å². The van der Waals surface area contributed by atoms with Gasteiger partial charge in [0.1, 0.15) is 0 Å². The van der Waals surface area contributed by atoms with Gasteiger partial charge in [-0.2, -0.15) is 0 Å². The number of aromatic nitrogens is 1. The number of carbonyl (C=O) groups excluding carboxylic acids is 1. The average molecular weight is 231 g/mol. The predicted molar refractivity (Wildman–Crippen MR) is 68.3 cm³/mol. The summed E-state index contributed by atoms with van der Waals surface area (Å²) in [6, 6.07) is 1.31. The molecule has 1 aromatic rings. The first kappa shape index (κ1) is 13.0. The lowest BCUT2D eigenvalue weighted by atomic mass is 10.0. The van der Waals surface area contributed by atoms with Crippen molar-refractivity contribution in [1.82, 2.24) is 10.3 Å². The van der Waals surface area contributed by atoms with Crippen LogP contribution >= 0.6 is 0 Å². The number of hydrogen-bond donors (Lipinski definition) is 2. The van der Waals surface area contributed by atoms with Crippen molar-refractivity contribution < 1.29 is 4.79 Å². The fraction of sp³-hybridized carbons (Fsp3) is 0.385. The van der Waals surface area contributed by atoms with E-state index in [9.17, 15) is 4.79 Å². The SMILES string of the molecule is C#CC(NC(=O)c1cc(N)cnc1C)C(C)C. The third-order valence-corrected chi connectivity index (χ3v) is 2.49. The molecule has 1 aromatic heterocycles. The Morgan fingerprint density at radius 3 is 2.76 bits per heavy atom. The molecule has 0 fully saturated rings. The highest BCUT2D eigenvalue weighted by Crippen LogP contribution is 2.10. The van der Waals surface area contributed by atoms with Gasteiger partial charge in [0.25, 0.3) is 5.91 Å². The largest absolute Gasteiger partial charge is 0.397 e. The zero-order valence-electron chi connectivity index (χ0n) is 10.3. The van der Waals surface area contributed by atoms with Crippen molar-refractivity contribution in [2.24, 2.45) is 5.92 Å². The number of aryl methyl sites for hydroxylation is 1. The molecule has 4 heteroatoms. The maximum atomic E-state index is 12.0. The molecule has 3 N–H and O–H groups in total. The molecule has 1 unspecified atom stereocenters. The number of nitrogens with two attached hydrogens (primary N) is 1. The third-order valence-electron chi connectivity index (χ3n) is 2.49. The zero-order chi connectivity index (χ0) is 13.0. The second-order valence-electron chi connectivity index (χ2n) is 4.26. The number of amides is 1. The number of rotatable bonds is 3. The minimum atomic E-state index is -0.289. The third kappa shape index (κ3) is 3.22. The number of nitrogens with one attached hydrogen (secondary N) is 1. The second-order valence-corrected chi connectivity index (χ2v) is 4.26. The van der Waals surface area contributed by atoms with E-state index in [1.54, 1.807) is 13.0 Å². The van der Waals surface area contributed by atoms with E-state index in [0.29, 0.717) is 16.9 Å². The van der Waals surface area contributed by atoms with E-state index >= 15 is 0 Å². The van der Waals surface area contributed by atoms with Crippen LogP contribution in [0.1, 0.15) is 29.9 Å². The summed E-state index contributed by atoms with van der Waals surface area (Å²) in [5.41, 5.74) is 7.17. The van der Waals surface area contributed by atoms with Crippen molar-refractivity contribution in [2.75, 3.05) is 5.73 Å². The van der Waals surface area contributed by atoms with Crippen LogP contribution in [-0.4, -0.2) is 16.9 Å². The first-order chi connectivity index (χ1) is 7.95. The van der Waals surface area contributed by atoms with Crippen molar-refractivity contribution >= 4 is 11.6 Å². The summed E-state index contributed by atoms with van der Waals surface area (Å²) in [7, 11) is 0. The second kappa shape index (κ2) is 5.35. The quantitative estimate of drug-likeness (QED) is 0.772. The number of anilines is 1. The molecule has 0 radical (unpaired) electrons. The van der Waals surface area contributed by atoms with Crippen molar-refractivity contribution in [2.45, 2.75) is 26.8 Å². The van der Waals surface area contributed by atoms with Crippen LogP contribution in [0, 0.1) is 25.2 Å². The molecule has 0 saturated heterocycles. The van der Waals surface area contributed by atoms with Gasteiger partial charge < -0.3 is 11.1 Å². The Hall–Kier alpha value is -2.02. The monoisotopic (exact) mass is 231 g/mol. The highest BCUT2D eigenvalue weighted by molar-refractivity contribution is 5.96. The number of nitrogens with zero attached hydrogens (tertiary/aromatic N) is 1. The molecule has 90 valence electrons. The maximum absolute atomic E-state index is 12.0. The van der Waals surface area contributed by atoms with Gasteiger partial charge in [0.15, 0.2) is 0 Å². The normalized spacial score (nSPS) is 11.9. The molecule has 0 aliphatic heterocycles. The van der Waals surface area contributed by atoms with E-state index in [2.05, 4.69) is 16.2 Å². The van der Waals surface area contributed by atoms with Gasteiger partial charge in [0.2, 0.25) is 0 Å². The fourth-order valence-corrected chi connectivity index (χ4v) is 1.40. The van der Waals surface area contributed by atoms with Gasteiger partial charge in [-0.1, -0.05) is 19.8 Å². The molecule has 1 rings (SSSR count). The minimum Gasteiger partial charge on any atom is -0.397 e. The lowest BCUT2D eigenvalue weighted by molar-refractivity contribution is 0.0937. The van der Waals surface area contributed by atoms with Crippen LogP contribution in [0.4, 0.5) is 5.69 Å². The predicted octanol–water partition coefficient (Wildman–Crippen LogP) is 1.36. The topological polar surface area (TPSA) is 68.0 Å². The summed E-state index contributed by atoms with van der Waals surface area (Å²) < 4.78 is 0. The molecular weight excluding hydrogens is 214 g/mol. The number of hydrogen-bond acceptors (Lipinski definition) is 3. The first-order valence-corrected chi connectivity index (χ1v) is 5.44. The zero-order valence-corrected chi connectivity index (χ0v) is 10.3. The molecule has 0 aromatic carbocycles. The van der Waals surface area contributed by atoms with Gasteiger partial charge in [-0.05, 0) is 18.9 Å². The molecule has 0 aliphatic rings. The molecule has 1 amide bonds. The number of terminal acetylenes is 1. The van der Waals surface area contributed by atoms with E-state index < -0.39 is 0 Å². The standard InChI is InChI=1S/C13H17N3O/c1-5-12(8(2)3)16-13(17)11-6-10(14)7-15-9(11)4/h1,6-8,12H,14H2,2-4H3,(H,16,17). The Morgan fingerprint density at radius 2 is 2.24 bits per heavy atom. The average Bonchev–Trinajstić information content (AvgIpc) is 2.28. The molecule has 4 nitrogen and oxygen atoms in total. The van der Waals surface area contributed by atoms with E-state index in [4.69, 9.17) is 12.2 Å². The molecule has 1 atom stereocenters. The summed E-state index contributed by atoms with van der Waals surface area (Å²) in [5.74, 6) is 2.49. The van der Waals surface area contributed by atoms with Gasteiger partial charge >= 0.3 is 0 Å². The van der Waals surface area contributed by atoms with Crippen molar-refractivity contribution in [3.63, 3.8) is 0 Å². The smallest absolute Gasteiger partial charge is 0.254 e. The Balaban J connectivity index is 2.90. The maximum Gasteiger partial charge on any atom is 0.254 e. The lowest BCUT2D eigenvalue weighted by Crippen LogP contribution is -2.37. The van der Waals surface area contributed by atoms with Crippen LogP contribution in [0.2, 0.25) is 0 Å². The first-order valence-electron chi connectivity index (χ1n) is 5.44. The molecule has 1 heterocycles. The molecule has 0 bridgehead atoms. The summed E-state index contributed by atoms with van der Waals surface area (Å²) >= 11 is 0. The van der Waals surface area contributed by atoms with E-state index in [1.165, 1.54) is 6.20 Å². The lowest BCUT2D eigenvalue weighted by Gasteiger charge is -2.17. The van der Waals surface area contributed by atoms with Crippen LogP contribution in [0.15, 0.2) is 12.3 Å². The van der Waals surface area contributed by atoms with E-state index in [1.807, 2.05) is 13.8 Å². The van der Waals surface area contributed by atoms with Crippen LogP contribution in [0.5, 0.6) is 0 Å². The molecule has 0 saturated carbocycles. The van der Waals surface area contributed by atoms with Gasteiger partial charge in [-0.25, -0.2) is 0 Å². The van der Waals surface area contributed by atoms with E-state index in [0.717, 1.165) is 0 Å². The summed E-state index contributed by atoms with van der Waals surface area (Å²) in [5, 5.41) is 2.78. The fourth-order valence-electron chi connectivity index (χ4n) is 1.40. The van der Waals surface area contributed by atoms with Crippen LogP contribution < -0.4 is 11.1 Å². The van der Waals surface area contributed by atoms with Crippen molar-refractivity contribution in [3.8, 4) is 12.3 Å². The summed E-state index contributed by atoms with van der Waals surface area (Å²) in [6.45, 7) is 5.67.